The molecular weight excluding hydrogens is 178 g/mol. The maximum absolute atomic E-state index is 8.83. The van der Waals surface area contributed by atoms with Gasteiger partial charge in [-0.1, -0.05) is 18.2 Å². The Morgan fingerprint density at radius 3 is 2.71 bits per heavy atom. The van der Waals surface area contributed by atoms with Crippen molar-refractivity contribution in [3.8, 4) is 0 Å². The SMILES string of the molecule is Cc1c([C@H](C)NO)oc2ccccc12. The van der Waals surface area contributed by atoms with Crippen LogP contribution >= 0.6 is 0 Å². The van der Waals surface area contributed by atoms with Crippen molar-refractivity contribution < 1.29 is 9.62 Å². The van der Waals surface area contributed by atoms with E-state index in [9.17, 15) is 0 Å². The minimum absolute atomic E-state index is 0.178. The molecule has 1 heterocycles. The first-order valence-corrected chi connectivity index (χ1v) is 4.61. The highest BCUT2D eigenvalue weighted by molar-refractivity contribution is 5.81. The van der Waals surface area contributed by atoms with Crippen molar-refractivity contribution in [3.63, 3.8) is 0 Å². The van der Waals surface area contributed by atoms with E-state index in [-0.39, 0.29) is 6.04 Å². The van der Waals surface area contributed by atoms with Gasteiger partial charge in [-0.05, 0) is 19.9 Å². The van der Waals surface area contributed by atoms with Crippen LogP contribution in [0.4, 0.5) is 0 Å². The van der Waals surface area contributed by atoms with Crippen LogP contribution in [-0.2, 0) is 0 Å². The normalized spacial score (nSPS) is 13.4. The zero-order chi connectivity index (χ0) is 10.1. The van der Waals surface area contributed by atoms with Crippen LogP contribution in [0.3, 0.4) is 0 Å². The van der Waals surface area contributed by atoms with Crippen LogP contribution in [0.1, 0.15) is 24.3 Å². The van der Waals surface area contributed by atoms with Gasteiger partial charge in [0, 0.05) is 10.9 Å². The molecule has 1 aromatic heterocycles. The molecule has 0 bridgehead atoms. The Morgan fingerprint density at radius 1 is 1.36 bits per heavy atom. The quantitative estimate of drug-likeness (QED) is 0.717. The van der Waals surface area contributed by atoms with Gasteiger partial charge < -0.3 is 9.62 Å². The number of rotatable bonds is 2. The van der Waals surface area contributed by atoms with E-state index in [1.807, 2.05) is 38.1 Å². The Hall–Kier alpha value is -1.32. The fourth-order valence-electron chi connectivity index (χ4n) is 1.66. The highest BCUT2D eigenvalue weighted by atomic mass is 16.5. The molecule has 2 N–H and O–H groups in total. The lowest BCUT2D eigenvalue weighted by Crippen LogP contribution is -2.13. The van der Waals surface area contributed by atoms with Crippen LogP contribution in [0.5, 0.6) is 0 Å². The summed E-state index contributed by atoms with van der Waals surface area (Å²) in [6.45, 7) is 3.85. The molecule has 0 amide bonds. The smallest absolute Gasteiger partial charge is 0.134 e. The first kappa shape index (κ1) is 9.24. The monoisotopic (exact) mass is 191 g/mol. The molecule has 2 rings (SSSR count). The van der Waals surface area contributed by atoms with Gasteiger partial charge in [0.1, 0.15) is 11.3 Å². The lowest BCUT2D eigenvalue weighted by Gasteiger charge is -2.05. The number of fused-ring (bicyclic) bond motifs is 1. The Bertz CT molecular complexity index is 447. The van der Waals surface area contributed by atoms with Crippen molar-refractivity contribution in [3.05, 3.63) is 35.6 Å². The van der Waals surface area contributed by atoms with Gasteiger partial charge in [-0.3, -0.25) is 0 Å². The Morgan fingerprint density at radius 2 is 2.07 bits per heavy atom. The molecule has 74 valence electrons. The minimum Gasteiger partial charge on any atom is -0.459 e. The van der Waals surface area contributed by atoms with E-state index in [1.54, 1.807) is 0 Å². The molecule has 0 aliphatic carbocycles. The zero-order valence-corrected chi connectivity index (χ0v) is 8.24. The number of para-hydroxylation sites is 1. The first-order valence-electron chi connectivity index (χ1n) is 4.61. The third kappa shape index (κ3) is 1.31. The summed E-state index contributed by atoms with van der Waals surface area (Å²) in [5, 5.41) is 9.93. The summed E-state index contributed by atoms with van der Waals surface area (Å²) in [6, 6.07) is 7.68. The number of hydrogen-bond donors (Lipinski definition) is 2. The summed E-state index contributed by atoms with van der Waals surface area (Å²) in [5.74, 6) is 0.786. The summed E-state index contributed by atoms with van der Waals surface area (Å²) in [7, 11) is 0. The second kappa shape index (κ2) is 3.44. The van der Waals surface area contributed by atoms with Crippen molar-refractivity contribution in [1.82, 2.24) is 5.48 Å². The van der Waals surface area contributed by atoms with E-state index < -0.39 is 0 Å². The molecule has 0 saturated heterocycles. The molecule has 1 atom stereocenters. The average molecular weight is 191 g/mol. The number of hydroxylamine groups is 1. The van der Waals surface area contributed by atoms with Gasteiger partial charge in [-0.2, -0.15) is 5.48 Å². The maximum Gasteiger partial charge on any atom is 0.134 e. The third-order valence-corrected chi connectivity index (χ3v) is 2.47. The molecule has 3 nitrogen and oxygen atoms in total. The molecular formula is C11H13NO2. The fourth-order valence-corrected chi connectivity index (χ4v) is 1.66. The molecule has 0 radical (unpaired) electrons. The standard InChI is InChI=1S/C11H13NO2/c1-7-9-5-3-4-6-10(9)14-11(7)8(2)12-13/h3-6,8,12-13H,1-2H3/t8-/m0/s1. The lowest BCUT2D eigenvalue weighted by molar-refractivity contribution is 0.124. The molecule has 1 aromatic carbocycles. The van der Waals surface area contributed by atoms with Crippen LogP contribution in [0, 0.1) is 6.92 Å². The number of aryl methyl sites for hydroxylation is 1. The summed E-state index contributed by atoms with van der Waals surface area (Å²) in [4.78, 5) is 0. The minimum atomic E-state index is -0.178. The molecule has 2 aromatic rings. The fraction of sp³-hybridized carbons (Fsp3) is 0.273. The van der Waals surface area contributed by atoms with E-state index in [0.29, 0.717) is 0 Å². The maximum atomic E-state index is 8.83. The van der Waals surface area contributed by atoms with E-state index in [0.717, 1.165) is 22.3 Å². The molecule has 0 aliphatic heterocycles. The molecule has 14 heavy (non-hydrogen) atoms. The van der Waals surface area contributed by atoms with E-state index >= 15 is 0 Å². The van der Waals surface area contributed by atoms with Crippen molar-refractivity contribution in [2.75, 3.05) is 0 Å². The molecule has 0 unspecified atom stereocenters. The zero-order valence-electron chi connectivity index (χ0n) is 8.24. The van der Waals surface area contributed by atoms with Crippen molar-refractivity contribution in [2.45, 2.75) is 19.9 Å². The Balaban J connectivity index is 2.62. The number of nitrogens with one attached hydrogen (secondary N) is 1. The average Bonchev–Trinajstić information content (AvgIpc) is 2.56. The first-order chi connectivity index (χ1) is 6.74. The molecule has 0 aliphatic rings. The second-order valence-corrected chi connectivity index (χ2v) is 3.44. The predicted molar refractivity (Wildman–Crippen MR) is 54.3 cm³/mol. The highest BCUT2D eigenvalue weighted by Crippen LogP contribution is 2.28. The topological polar surface area (TPSA) is 45.4 Å². The molecule has 3 heteroatoms. The molecule has 0 fully saturated rings. The molecule has 0 spiro atoms. The largest absolute Gasteiger partial charge is 0.459 e. The van der Waals surface area contributed by atoms with Gasteiger partial charge in [-0.15, -0.1) is 0 Å². The number of benzene rings is 1. The summed E-state index contributed by atoms with van der Waals surface area (Å²) in [6.07, 6.45) is 0. The van der Waals surface area contributed by atoms with Gasteiger partial charge in [0.2, 0.25) is 0 Å². The lowest BCUT2D eigenvalue weighted by atomic mass is 10.1. The van der Waals surface area contributed by atoms with E-state index in [1.165, 1.54) is 0 Å². The molecule has 0 saturated carbocycles. The highest BCUT2D eigenvalue weighted by Gasteiger charge is 2.14. The van der Waals surface area contributed by atoms with Crippen molar-refractivity contribution >= 4 is 11.0 Å². The van der Waals surface area contributed by atoms with Gasteiger partial charge >= 0.3 is 0 Å². The second-order valence-electron chi connectivity index (χ2n) is 3.44. The van der Waals surface area contributed by atoms with Crippen LogP contribution in [0.2, 0.25) is 0 Å². The summed E-state index contributed by atoms with van der Waals surface area (Å²) < 4.78 is 5.63. The van der Waals surface area contributed by atoms with Crippen LogP contribution < -0.4 is 5.48 Å². The van der Waals surface area contributed by atoms with Gasteiger partial charge in [0.05, 0.1) is 6.04 Å². The van der Waals surface area contributed by atoms with E-state index in [4.69, 9.17) is 9.62 Å². The van der Waals surface area contributed by atoms with Crippen molar-refractivity contribution in [1.29, 1.82) is 0 Å². The predicted octanol–water partition coefficient (Wildman–Crippen LogP) is 2.78. The van der Waals surface area contributed by atoms with Gasteiger partial charge in [-0.25, -0.2) is 0 Å². The van der Waals surface area contributed by atoms with Gasteiger partial charge in [0.25, 0.3) is 0 Å². The van der Waals surface area contributed by atoms with Crippen molar-refractivity contribution in [2.24, 2.45) is 0 Å². The van der Waals surface area contributed by atoms with Crippen LogP contribution in [0.25, 0.3) is 11.0 Å². The van der Waals surface area contributed by atoms with E-state index in [2.05, 4.69) is 5.48 Å². The Kier molecular flexibility index (Phi) is 2.27. The summed E-state index contributed by atoms with van der Waals surface area (Å²) in [5.41, 5.74) is 4.13. The van der Waals surface area contributed by atoms with Gasteiger partial charge in [0.15, 0.2) is 0 Å². The Labute approximate surface area is 82.3 Å². The summed E-state index contributed by atoms with van der Waals surface area (Å²) >= 11 is 0. The number of furan rings is 1. The number of hydrogen-bond acceptors (Lipinski definition) is 3. The third-order valence-electron chi connectivity index (χ3n) is 2.47. The van der Waals surface area contributed by atoms with Crippen LogP contribution in [0.15, 0.2) is 28.7 Å². The van der Waals surface area contributed by atoms with Crippen LogP contribution in [-0.4, -0.2) is 5.21 Å².